The summed E-state index contributed by atoms with van der Waals surface area (Å²) in [5, 5.41) is 7.43. The topological polar surface area (TPSA) is 24.1 Å². The first-order valence-corrected chi connectivity index (χ1v) is 7.17. The summed E-state index contributed by atoms with van der Waals surface area (Å²) in [6.45, 7) is 4.66. The molecule has 0 saturated heterocycles. The molecule has 0 aromatic heterocycles. The quantitative estimate of drug-likeness (QED) is 0.793. The van der Waals surface area contributed by atoms with Gasteiger partial charge in [0, 0.05) is 11.7 Å². The summed E-state index contributed by atoms with van der Waals surface area (Å²) >= 11 is 5.37. The maximum absolute atomic E-state index is 5.37. The van der Waals surface area contributed by atoms with Gasteiger partial charge in [0.25, 0.3) is 0 Å². The fraction of sp³-hybridized carbons (Fsp3) is 0.533. The highest BCUT2D eigenvalue weighted by Gasteiger charge is 2.24. The molecule has 1 aliphatic carbocycles. The Kier molecular flexibility index (Phi) is 4.59. The minimum atomic E-state index is 0.521. The molecule has 0 spiro atoms. The second-order valence-electron chi connectivity index (χ2n) is 5.58. The maximum atomic E-state index is 5.37. The molecule has 1 aromatic carbocycles. The van der Waals surface area contributed by atoms with Crippen LogP contribution in [0.4, 0.5) is 5.69 Å². The SMILES string of the molecule is CC1CC(C)CC(NC(=S)Nc2ccccc2)C1. The lowest BCUT2D eigenvalue weighted by Gasteiger charge is -2.32. The van der Waals surface area contributed by atoms with Crippen LogP contribution in [0.3, 0.4) is 0 Å². The van der Waals surface area contributed by atoms with Gasteiger partial charge in [-0.1, -0.05) is 32.0 Å². The highest BCUT2D eigenvalue weighted by Crippen LogP contribution is 2.28. The molecule has 1 aromatic rings. The summed E-state index contributed by atoms with van der Waals surface area (Å²) in [5.41, 5.74) is 1.05. The van der Waals surface area contributed by atoms with Crippen LogP contribution in [0.5, 0.6) is 0 Å². The Hall–Kier alpha value is -1.09. The molecule has 1 fully saturated rings. The molecule has 2 nitrogen and oxygen atoms in total. The first-order valence-electron chi connectivity index (χ1n) is 6.76. The van der Waals surface area contributed by atoms with Gasteiger partial charge in [-0.3, -0.25) is 0 Å². The van der Waals surface area contributed by atoms with E-state index in [0.717, 1.165) is 22.6 Å². The summed E-state index contributed by atoms with van der Waals surface area (Å²) in [6.07, 6.45) is 3.79. The number of rotatable bonds is 2. The largest absolute Gasteiger partial charge is 0.360 e. The molecule has 18 heavy (non-hydrogen) atoms. The zero-order valence-corrected chi connectivity index (χ0v) is 12.0. The predicted molar refractivity (Wildman–Crippen MR) is 81.8 cm³/mol. The van der Waals surface area contributed by atoms with Gasteiger partial charge in [0.2, 0.25) is 0 Å². The van der Waals surface area contributed by atoms with Crippen molar-refractivity contribution < 1.29 is 0 Å². The third kappa shape index (κ3) is 3.98. The van der Waals surface area contributed by atoms with E-state index in [0.29, 0.717) is 6.04 Å². The fourth-order valence-corrected chi connectivity index (χ4v) is 3.22. The van der Waals surface area contributed by atoms with E-state index in [9.17, 15) is 0 Å². The first kappa shape index (κ1) is 13.3. The van der Waals surface area contributed by atoms with Gasteiger partial charge in [0.05, 0.1) is 0 Å². The van der Waals surface area contributed by atoms with Gasteiger partial charge >= 0.3 is 0 Å². The lowest BCUT2D eigenvalue weighted by Crippen LogP contribution is -2.42. The molecule has 2 rings (SSSR count). The first-order chi connectivity index (χ1) is 8.63. The van der Waals surface area contributed by atoms with E-state index in [4.69, 9.17) is 12.2 Å². The van der Waals surface area contributed by atoms with Crippen molar-refractivity contribution in [3.63, 3.8) is 0 Å². The molecule has 0 amide bonds. The van der Waals surface area contributed by atoms with Crippen molar-refractivity contribution in [1.82, 2.24) is 5.32 Å². The Morgan fingerprint density at radius 3 is 2.28 bits per heavy atom. The van der Waals surface area contributed by atoms with Gasteiger partial charge in [-0.05, 0) is 55.4 Å². The van der Waals surface area contributed by atoms with Crippen molar-refractivity contribution >= 4 is 23.0 Å². The number of anilines is 1. The van der Waals surface area contributed by atoms with Gasteiger partial charge in [-0.2, -0.15) is 0 Å². The molecular formula is C15H22N2S. The average Bonchev–Trinajstić information content (AvgIpc) is 2.28. The summed E-state index contributed by atoms with van der Waals surface area (Å²) in [4.78, 5) is 0. The van der Waals surface area contributed by atoms with Gasteiger partial charge in [-0.15, -0.1) is 0 Å². The number of hydrogen-bond acceptors (Lipinski definition) is 1. The number of thiocarbonyl (C=S) groups is 1. The molecule has 1 saturated carbocycles. The fourth-order valence-electron chi connectivity index (χ4n) is 2.94. The molecule has 0 radical (unpaired) electrons. The van der Waals surface area contributed by atoms with E-state index in [1.807, 2.05) is 30.3 Å². The van der Waals surface area contributed by atoms with Crippen LogP contribution in [-0.2, 0) is 0 Å². The van der Waals surface area contributed by atoms with Crippen LogP contribution in [0.2, 0.25) is 0 Å². The lowest BCUT2D eigenvalue weighted by atomic mass is 9.80. The second-order valence-corrected chi connectivity index (χ2v) is 5.99. The minimum Gasteiger partial charge on any atom is -0.360 e. The average molecular weight is 262 g/mol. The lowest BCUT2D eigenvalue weighted by molar-refractivity contribution is 0.256. The third-order valence-corrected chi connectivity index (χ3v) is 3.77. The van der Waals surface area contributed by atoms with Gasteiger partial charge in [0.15, 0.2) is 5.11 Å². The van der Waals surface area contributed by atoms with Crippen LogP contribution in [0.25, 0.3) is 0 Å². The summed E-state index contributed by atoms with van der Waals surface area (Å²) in [5.74, 6) is 1.59. The van der Waals surface area contributed by atoms with Crippen LogP contribution < -0.4 is 10.6 Å². The van der Waals surface area contributed by atoms with Crippen molar-refractivity contribution in [3.05, 3.63) is 30.3 Å². The second kappa shape index (κ2) is 6.19. The minimum absolute atomic E-state index is 0.521. The monoisotopic (exact) mass is 262 g/mol. The summed E-state index contributed by atoms with van der Waals surface area (Å²) in [7, 11) is 0. The number of nitrogens with one attached hydrogen (secondary N) is 2. The molecule has 0 bridgehead atoms. The Morgan fingerprint density at radius 1 is 1.06 bits per heavy atom. The molecule has 2 unspecified atom stereocenters. The number of hydrogen-bond donors (Lipinski definition) is 2. The molecular weight excluding hydrogens is 240 g/mol. The number of para-hydroxylation sites is 1. The van der Waals surface area contributed by atoms with Crippen molar-refractivity contribution in [2.24, 2.45) is 11.8 Å². The molecule has 0 aliphatic heterocycles. The standard InChI is InChI=1S/C15H22N2S/c1-11-8-12(2)10-14(9-11)17-15(18)16-13-6-4-3-5-7-13/h3-7,11-12,14H,8-10H2,1-2H3,(H2,16,17,18). The molecule has 3 heteroatoms. The summed E-state index contributed by atoms with van der Waals surface area (Å²) < 4.78 is 0. The van der Waals surface area contributed by atoms with Crippen molar-refractivity contribution in [3.8, 4) is 0 Å². The zero-order valence-electron chi connectivity index (χ0n) is 11.1. The highest BCUT2D eigenvalue weighted by molar-refractivity contribution is 7.80. The van der Waals surface area contributed by atoms with E-state index >= 15 is 0 Å². The molecule has 98 valence electrons. The van der Waals surface area contributed by atoms with E-state index < -0.39 is 0 Å². The van der Waals surface area contributed by atoms with Gasteiger partial charge in [-0.25, -0.2) is 0 Å². The Morgan fingerprint density at radius 2 is 1.67 bits per heavy atom. The van der Waals surface area contributed by atoms with Crippen LogP contribution >= 0.6 is 12.2 Å². The van der Waals surface area contributed by atoms with Crippen molar-refractivity contribution in [2.45, 2.75) is 39.2 Å². The van der Waals surface area contributed by atoms with Crippen LogP contribution in [0, 0.1) is 11.8 Å². The molecule has 2 N–H and O–H groups in total. The van der Waals surface area contributed by atoms with E-state index in [-0.39, 0.29) is 0 Å². The normalized spacial score (nSPS) is 27.6. The zero-order chi connectivity index (χ0) is 13.0. The van der Waals surface area contributed by atoms with Crippen LogP contribution in [0.15, 0.2) is 30.3 Å². The highest BCUT2D eigenvalue weighted by atomic mass is 32.1. The Labute approximate surface area is 115 Å². The Balaban J connectivity index is 1.84. The van der Waals surface area contributed by atoms with E-state index in [1.54, 1.807) is 0 Å². The smallest absolute Gasteiger partial charge is 0.170 e. The summed E-state index contributed by atoms with van der Waals surface area (Å²) in [6, 6.07) is 10.6. The number of benzene rings is 1. The van der Waals surface area contributed by atoms with Crippen LogP contribution in [0.1, 0.15) is 33.1 Å². The third-order valence-electron chi connectivity index (χ3n) is 3.55. The molecule has 1 aliphatic rings. The van der Waals surface area contributed by atoms with Gasteiger partial charge in [0.1, 0.15) is 0 Å². The predicted octanol–water partition coefficient (Wildman–Crippen LogP) is 3.80. The van der Waals surface area contributed by atoms with E-state index in [2.05, 4.69) is 24.5 Å². The van der Waals surface area contributed by atoms with Crippen LogP contribution in [-0.4, -0.2) is 11.2 Å². The molecule has 0 heterocycles. The van der Waals surface area contributed by atoms with Crippen molar-refractivity contribution in [2.75, 3.05) is 5.32 Å². The van der Waals surface area contributed by atoms with E-state index in [1.165, 1.54) is 19.3 Å². The maximum Gasteiger partial charge on any atom is 0.170 e. The molecule has 2 atom stereocenters. The Bertz CT molecular complexity index is 381. The van der Waals surface area contributed by atoms with Crippen molar-refractivity contribution in [1.29, 1.82) is 0 Å². The van der Waals surface area contributed by atoms with Gasteiger partial charge < -0.3 is 10.6 Å².